The fraction of sp³-hybridized carbons (Fsp3) is 0.455. The molecule has 0 saturated heterocycles. The van der Waals surface area contributed by atoms with Gasteiger partial charge in [-0.05, 0) is 52.1 Å². The highest BCUT2D eigenvalue weighted by Gasteiger charge is 2.31. The second kappa shape index (κ2) is 7.90. The Morgan fingerprint density at radius 3 is 2.81 bits per heavy atom. The van der Waals surface area contributed by atoms with Crippen molar-refractivity contribution in [2.45, 2.75) is 38.4 Å². The summed E-state index contributed by atoms with van der Waals surface area (Å²) in [6, 6.07) is 7.13. The van der Waals surface area contributed by atoms with Crippen LogP contribution < -0.4 is 5.32 Å². The van der Waals surface area contributed by atoms with Crippen molar-refractivity contribution < 1.29 is 4.74 Å². The van der Waals surface area contributed by atoms with Crippen LogP contribution in [0.3, 0.4) is 0 Å². The molecule has 4 aromatic rings. The Morgan fingerprint density at radius 1 is 1.19 bits per heavy atom. The number of imidazole rings is 1. The SMILES string of the molecule is COCCn1c(C)nc2ccc(-c3ccn4nc(N[C@H]5C[C@H](N(C)C)C5)ncc34)nc21. The molecule has 1 saturated carbocycles. The van der Waals surface area contributed by atoms with Gasteiger partial charge in [-0.3, -0.25) is 0 Å². The van der Waals surface area contributed by atoms with Gasteiger partial charge in [0.05, 0.1) is 24.0 Å². The van der Waals surface area contributed by atoms with Crippen LogP contribution in [0.5, 0.6) is 0 Å². The average molecular weight is 421 g/mol. The lowest BCUT2D eigenvalue weighted by molar-refractivity contribution is 0.177. The van der Waals surface area contributed by atoms with Crippen molar-refractivity contribution in [3.63, 3.8) is 0 Å². The monoisotopic (exact) mass is 420 g/mol. The predicted octanol–water partition coefficient (Wildman–Crippen LogP) is 2.60. The van der Waals surface area contributed by atoms with Crippen molar-refractivity contribution in [2.75, 3.05) is 33.1 Å². The molecule has 1 N–H and O–H groups in total. The van der Waals surface area contributed by atoms with Gasteiger partial charge in [-0.2, -0.15) is 0 Å². The predicted molar refractivity (Wildman–Crippen MR) is 120 cm³/mol. The van der Waals surface area contributed by atoms with Crippen molar-refractivity contribution in [2.24, 2.45) is 0 Å². The van der Waals surface area contributed by atoms with Crippen molar-refractivity contribution in [3.05, 3.63) is 36.4 Å². The minimum atomic E-state index is 0.430. The van der Waals surface area contributed by atoms with E-state index in [9.17, 15) is 0 Å². The van der Waals surface area contributed by atoms with Gasteiger partial charge in [0, 0.05) is 37.5 Å². The maximum Gasteiger partial charge on any atom is 0.241 e. The van der Waals surface area contributed by atoms with E-state index in [0.29, 0.717) is 24.6 Å². The molecule has 0 amide bonds. The third kappa shape index (κ3) is 3.64. The largest absolute Gasteiger partial charge is 0.383 e. The summed E-state index contributed by atoms with van der Waals surface area (Å²) in [5, 5.41) is 8.11. The molecule has 9 nitrogen and oxygen atoms in total. The maximum atomic E-state index is 5.24. The number of fused-ring (bicyclic) bond motifs is 2. The molecule has 5 rings (SSSR count). The summed E-state index contributed by atoms with van der Waals surface area (Å²) >= 11 is 0. The summed E-state index contributed by atoms with van der Waals surface area (Å²) in [7, 11) is 5.96. The van der Waals surface area contributed by atoms with Crippen LogP contribution in [0.4, 0.5) is 5.95 Å². The summed E-state index contributed by atoms with van der Waals surface area (Å²) in [6.45, 7) is 3.34. The van der Waals surface area contributed by atoms with Gasteiger partial charge >= 0.3 is 0 Å². The molecule has 4 heterocycles. The van der Waals surface area contributed by atoms with Crippen LogP contribution in [0.2, 0.25) is 0 Å². The van der Waals surface area contributed by atoms with E-state index >= 15 is 0 Å². The zero-order chi connectivity index (χ0) is 21.5. The summed E-state index contributed by atoms with van der Waals surface area (Å²) in [5.74, 6) is 1.60. The lowest BCUT2D eigenvalue weighted by Crippen LogP contribution is -2.47. The number of aryl methyl sites for hydroxylation is 1. The molecule has 0 radical (unpaired) electrons. The van der Waals surface area contributed by atoms with E-state index in [-0.39, 0.29) is 0 Å². The molecule has 31 heavy (non-hydrogen) atoms. The lowest BCUT2D eigenvalue weighted by Gasteiger charge is -2.39. The van der Waals surface area contributed by atoms with Crippen molar-refractivity contribution in [1.29, 1.82) is 0 Å². The third-order valence-electron chi connectivity index (χ3n) is 6.17. The molecule has 0 atom stereocenters. The molecule has 0 aliphatic heterocycles. The highest BCUT2D eigenvalue weighted by molar-refractivity contribution is 5.82. The summed E-state index contributed by atoms with van der Waals surface area (Å²) < 4.78 is 9.21. The zero-order valence-corrected chi connectivity index (χ0v) is 18.4. The van der Waals surface area contributed by atoms with Gasteiger partial charge in [-0.15, -0.1) is 5.10 Å². The Bertz CT molecular complexity index is 1220. The number of ether oxygens (including phenoxy) is 1. The van der Waals surface area contributed by atoms with Crippen LogP contribution in [0, 0.1) is 6.92 Å². The van der Waals surface area contributed by atoms with E-state index in [2.05, 4.69) is 43.9 Å². The number of nitrogens with one attached hydrogen (secondary N) is 1. The molecule has 0 spiro atoms. The topological polar surface area (TPSA) is 85.4 Å². The van der Waals surface area contributed by atoms with Gasteiger partial charge in [-0.1, -0.05) is 0 Å². The second-order valence-corrected chi connectivity index (χ2v) is 8.41. The highest BCUT2D eigenvalue weighted by atomic mass is 16.5. The summed E-state index contributed by atoms with van der Waals surface area (Å²) in [6.07, 6.45) is 6.06. The zero-order valence-electron chi connectivity index (χ0n) is 18.4. The van der Waals surface area contributed by atoms with E-state index < -0.39 is 0 Å². The molecule has 0 unspecified atom stereocenters. The fourth-order valence-corrected chi connectivity index (χ4v) is 4.21. The number of hydrogen-bond acceptors (Lipinski definition) is 7. The standard InChI is InChI=1S/C22H28N8O/c1-14-24-19-6-5-18(26-21(19)29(14)9-10-31-4)17-7-8-30-20(17)13-23-22(27-30)25-15-11-16(12-15)28(2)3/h5-8,13,15-16H,9-12H2,1-4H3,(H,25,27)/t15-,16-. The molecule has 0 aromatic carbocycles. The molecule has 4 aromatic heterocycles. The smallest absolute Gasteiger partial charge is 0.241 e. The molecular weight excluding hydrogens is 392 g/mol. The first-order valence-electron chi connectivity index (χ1n) is 10.6. The van der Waals surface area contributed by atoms with Gasteiger partial charge in [0.15, 0.2) is 5.65 Å². The van der Waals surface area contributed by atoms with Crippen LogP contribution in [0.25, 0.3) is 27.9 Å². The van der Waals surface area contributed by atoms with Gasteiger partial charge < -0.3 is 19.5 Å². The van der Waals surface area contributed by atoms with E-state index in [4.69, 9.17) is 9.72 Å². The number of nitrogens with zero attached hydrogens (tertiary/aromatic N) is 7. The Balaban J connectivity index is 1.42. The molecule has 1 aliphatic rings. The summed E-state index contributed by atoms with van der Waals surface area (Å²) in [4.78, 5) is 16.4. The number of methoxy groups -OCH3 is 1. The van der Waals surface area contributed by atoms with Crippen LogP contribution in [0.15, 0.2) is 30.6 Å². The van der Waals surface area contributed by atoms with Crippen LogP contribution >= 0.6 is 0 Å². The molecule has 1 aliphatic carbocycles. The van der Waals surface area contributed by atoms with E-state index in [0.717, 1.165) is 53.1 Å². The van der Waals surface area contributed by atoms with Crippen molar-refractivity contribution in [3.8, 4) is 11.3 Å². The summed E-state index contributed by atoms with van der Waals surface area (Å²) in [5.41, 5.74) is 4.57. The minimum Gasteiger partial charge on any atom is -0.383 e. The van der Waals surface area contributed by atoms with Gasteiger partial charge in [0.2, 0.25) is 5.95 Å². The fourth-order valence-electron chi connectivity index (χ4n) is 4.21. The second-order valence-electron chi connectivity index (χ2n) is 8.41. The number of aromatic nitrogens is 6. The maximum absolute atomic E-state index is 5.24. The molecular formula is C22H28N8O. The number of pyridine rings is 1. The Kier molecular flexibility index (Phi) is 5.07. The first-order chi connectivity index (χ1) is 15.0. The Morgan fingerprint density at radius 2 is 2.03 bits per heavy atom. The van der Waals surface area contributed by atoms with Gasteiger partial charge in [0.25, 0.3) is 0 Å². The number of rotatable bonds is 7. The average Bonchev–Trinajstić information content (AvgIpc) is 3.27. The van der Waals surface area contributed by atoms with E-state index in [1.165, 1.54) is 0 Å². The molecule has 162 valence electrons. The molecule has 9 heteroatoms. The van der Waals surface area contributed by atoms with Crippen molar-refractivity contribution in [1.82, 2.24) is 34.0 Å². The van der Waals surface area contributed by atoms with Gasteiger partial charge in [-0.25, -0.2) is 19.5 Å². The first kappa shape index (κ1) is 19.9. The third-order valence-corrected chi connectivity index (χ3v) is 6.17. The normalized spacial score (nSPS) is 18.7. The van der Waals surface area contributed by atoms with Crippen LogP contribution in [0.1, 0.15) is 18.7 Å². The molecule has 0 bridgehead atoms. The lowest BCUT2D eigenvalue weighted by atomic mass is 9.86. The number of hydrogen-bond donors (Lipinski definition) is 1. The molecule has 1 fully saturated rings. The van der Waals surface area contributed by atoms with Gasteiger partial charge in [0.1, 0.15) is 11.3 Å². The van der Waals surface area contributed by atoms with Crippen LogP contribution in [-0.2, 0) is 11.3 Å². The Hall–Kier alpha value is -3.04. The number of anilines is 1. The van der Waals surface area contributed by atoms with Crippen molar-refractivity contribution >= 4 is 22.6 Å². The first-order valence-corrected chi connectivity index (χ1v) is 10.6. The minimum absolute atomic E-state index is 0.430. The Labute approximate surface area is 181 Å². The van der Waals surface area contributed by atoms with Crippen LogP contribution in [-0.4, -0.2) is 73.9 Å². The van der Waals surface area contributed by atoms with E-state index in [1.807, 2.05) is 42.0 Å². The highest BCUT2D eigenvalue weighted by Crippen LogP contribution is 2.28. The van der Waals surface area contributed by atoms with E-state index in [1.54, 1.807) is 7.11 Å². The quantitative estimate of drug-likeness (QED) is 0.492.